The molecule has 17 heavy (non-hydrogen) atoms. The molecule has 1 N–H and O–H groups in total. The van der Waals surface area contributed by atoms with Gasteiger partial charge in [-0.05, 0) is 41.1 Å². The smallest absolute Gasteiger partial charge is 0.138 e. The fraction of sp³-hybridized carbons (Fsp3) is 0.167. The molecule has 1 aromatic carbocycles. The number of furan rings is 1. The third-order valence-corrected chi connectivity index (χ3v) is 2.92. The van der Waals surface area contributed by atoms with E-state index in [1.54, 1.807) is 13.0 Å². The van der Waals surface area contributed by atoms with Crippen LogP contribution in [0.5, 0.6) is 0 Å². The summed E-state index contributed by atoms with van der Waals surface area (Å²) >= 11 is 3.08. The zero-order chi connectivity index (χ0) is 12.6. The average molecular weight is 303 g/mol. The number of aliphatic hydroxyl groups is 1. The minimum atomic E-state index is -0.772. The van der Waals surface area contributed by atoms with Gasteiger partial charge in [-0.2, -0.15) is 0 Å². The van der Waals surface area contributed by atoms with E-state index in [2.05, 4.69) is 15.9 Å². The zero-order valence-corrected chi connectivity index (χ0v) is 10.5. The van der Waals surface area contributed by atoms with Crippen LogP contribution in [-0.2, 0) is 0 Å². The molecule has 2 nitrogen and oxygen atoms in total. The van der Waals surface area contributed by atoms with E-state index in [-0.39, 0.29) is 15.8 Å². The molecule has 0 amide bonds. The third kappa shape index (κ3) is 2.40. The second-order valence-electron chi connectivity index (χ2n) is 3.62. The predicted octanol–water partition coefficient (Wildman–Crippen LogP) is 4.04. The van der Waals surface area contributed by atoms with Crippen molar-refractivity contribution < 1.29 is 18.3 Å². The number of aliphatic hydroxyl groups excluding tert-OH is 1. The summed E-state index contributed by atoms with van der Waals surface area (Å²) in [6.07, 6.45) is -0.772. The van der Waals surface area contributed by atoms with Gasteiger partial charge < -0.3 is 9.52 Å². The van der Waals surface area contributed by atoms with Gasteiger partial charge in [0, 0.05) is 10.5 Å². The van der Waals surface area contributed by atoms with Gasteiger partial charge in [0.05, 0.1) is 5.56 Å². The monoisotopic (exact) mass is 302 g/mol. The maximum atomic E-state index is 13.6. The molecule has 1 aromatic heterocycles. The van der Waals surface area contributed by atoms with E-state index < -0.39 is 17.7 Å². The molecule has 1 unspecified atom stereocenters. The highest BCUT2D eigenvalue weighted by molar-refractivity contribution is 9.10. The molecule has 0 aliphatic rings. The van der Waals surface area contributed by atoms with Crippen LogP contribution in [0, 0.1) is 11.6 Å². The number of hydrogen-bond acceptors (Lipinski definition) is 2. The van der Waals surface area contributed by atoms with Crippen LogP contribution in [0.15, 0.2) is 33.2 Å². The van der Waals surface area contributed by atoms with Gasteiger partial charge >= 0.3 is 0 Å². The lowest BCUT2D eigenvalue weighted by Crippen LogP contribution is -1.88. The topological polar surface area (TPSA) is 33.4 Å². The fourth-order valence-corrected chi connectivity index (χ4v) is 2.09. The SMILES string of the molecule is CC(O)c1ccc(-c2c(F)cc(F)cc2Br)o1. The van der Waals surface area contributed by atoms with Gasteiger partial charge in [-0.3, -0.25) is 0 Å². The van der Waals surface area contributed by atoms with Crippen molar-refractivity contribution in [2.75, 3.05) is 0 Å². The highest BCUT2D eigenvalue weighted by atomic mass is 79.9. The van der Waals surface area contributed by atoms with E-state index in [0.29, 0.717) is 5.76 Å². The maximum absolute atomic E-state index is 13.6. The first-order chi connectivity index (χ1) is 7.99. The van der Waals surface area contributed by atoms with Gasteiger partial charge in [-0.25, -0.2) is 8.78 Å². The van der Waals surface area contributed by atoms with E-state index in [9.17, 15) is 13.9 Å². The summed E-state index contributed by atoms with van der Waals surface area (Å²) in [4.78, 5) is 0. The van der Waals surface area contributed by atoms with Crippen molar-refractivity contribution in [2.45, 2.75) is 13.0 Å². The summed E-state index contributed by atoms with van der Waals surface area (Å²) in [5.74, 6) is -0.815. The predicted molar refractivity (Wildman–Crippen MR) is 62.4 cm³/mol. The number of hydrogen-bond donors (Lipinski definition) is 1. The zero-order valence-electron chi connectivity index (χ0n) is 8.88. The highest BCUT2D eigenvalue weighted by Crippen LogP contribution is 2.33. The van der Waals surface area contributed by atoms with Gasteiger partial charge in [0.15, 0.2) is 0 Å². The molecule has 5 heteroatoms. The Morgan fingerprint density at radius 3 is 2.53 bits per heavy atom. The van der Waals surface area contributed by atoms with Crippen LogP contribution in [0.25, 0.3) is 11.3 Å². The Bertz CT molecular complexity index is 526. The number of halogens is 3. The molecule has 90 valence electrons. The second-order valence-corrected chi connectivity index (χ2v) is 4.48. The normalized spacial score (nSPS) is 12.8. The lowest BCUT2D eigenvalue weighted by molar-refractivity contribution is 0.170. The van der Waals surface area contributed by atoms with E-state index in [4.69, 9.17) is 4.42 Å². The third-order valence-electron chi connectivity index (χ3n) is 2.29. The summed E-state index contributed by atoms with van der Waals surface area (Å²) in [7, 11) is 0. The van der Waals surface area contributed by atoms with Crippen molar-refractivity contribution in [1.82, 2.24) is 0 Å². The van der Waals surface area contributed by atoms with Crippen molar-refractivity contribution in [2.24, 2.45) is 0 Å². The minimum Gasteiger partial charge on any atom is -0.458 e. The number of rotatable bonds is 2. The molecular weight excluding hydrogens is 294 g/mol. The van der Waals surface area contributed by atoms with E-state index in [1.807, 2.05) is 0 Å². The molecule has 0 aliphatic carbocycles. The molecule has 0 bridgehead atoms. The summed E-state index contributed by atoms with van der Waals surface area (Å²) < 4.78 is 32.1. The molecule has 2 aromatic rings. The van der Waals surface area contributed by atoms with Gasteiger partial charge in [0.25, 0.3) is 0 Å². The fourth-order valence-electron chi connectivity index (χ4n) is 1.49. The first kappa shape index (κ1) is 12.3. The number of benzene rings is 1. The second kappa shape index (κ2) is 4.58. The van der Waals surface area contributed by atoms with Gasteiger partial charge in [-0.15, -0.1) is 0 Å². The Balaban J connectivity index is 2.52. The Hall–Kier alpha value is -1.20. The minimum absolute atomic E-state index is 0.137. The van der Waals surface area contributed by atoms with Gasteiger partial charge in [0.2, 0.25) is 0 Å². The Morgan fingerprint density at radius 2 is 2.00 bits per heavy atom. The van der Waals surface area contributed by atoms with Crippen LogP contribution in [0.1, 0.15) is 18.8 Å². The van der Waals surface area contributed by atoms with Crippen LogP contribution in [0.2, 0.25) is 0 Å². The molecule has 0 radical (unpaired) electrons. The Morgan fingerprint density at radius 1 is 1.29 bits per heavy atom. The molecular formula is C12H9BrF2O2. The Kier molecular flexibility index (Phi) is 3.31. The molecule has 0 spiro atoms. The van der Waals surface area contributed by atoms with Gasteiger partial charge in [0.1, 0.15) is 29.3 Å². The molecule has 0 saturated heterocycles. The first-order valence-corrected chi connectivity index (χ1v) is 5.71. The lowest BCUT2D eigenvalue weighted by Gasteiger charge is -2.04. The van der Waals surface area contributed by atoms with Crippen LogP contribution in [0.4, 0.5) is 8.78 Å². The van der Waals surface area contributed by atoms with Crippen LogP contribution >= 0.6 is 15.9 Å². The average Bonchev–Trinajstić information content (AvgIpc) is 2.65. The molecule has 2 rings (SSSR count). The summed E-state index contributed by atoms with van der Waals surface area (Å²) in [5.41, 5.74) is 0.137. The quantitative estimate of drug-likeness (QED) is 0.908. The molecule has 0 saturated carbocycles. The van der Waals surface area contributed by atoms with Crippen LogP contribution < -0.4 is 0 Å². The lowest BCUT2D eigenvalue weighted by atomic mass is 10.1. The van der Waals surface area contributed by atoms with Crippen molar-refractivity contribution in [1.29, 1.82) is 0 Å². The van der Waals surface area contributed by atoms with E-state index in [0.717, 1.165) is 12.1 Å². The molecule has 0 fully saturated rings. The molecule has 1 heterocycles. The molecule has 1 atom stereocenters. The summed E-state index contributed by atoms with van der Waals surface area (Å²) in [5, 5.41) is 9.31. The van der Waals surface area contributed by atoms with Crippen molar-refractivity contribution in [3.63, 3.8) is 0 Å². The van der Waals surface area contributed by atoms with E-state index in [1.165, 1.54) is 6.07 Å². The highest BCUT2D eigenvalue weighted by Gasteiger charge is 2.16. The van der Waals surface area contributed by atoms with E-state index >= 15 is 0 Å². The summed E-state index contributed by atoms with van der Waals surface area (Å²) in [6.45, 7) is 1.54. The van der Waals surface area contributed by atoms with Crippen LogP contribution in [0.3, 0.4) is 0 Å². The first-order valence-electron chi connectivity index (χ1n) is 4.91. The van der Waals surface area contributed by atoms with Crippen molar-refractivity contribution >= 4 is 15.9 Å². The molecule has 0 aliphatic heterocycles. The largest absolute Gasteiger partial charge is 0.458 e. The Labute approximate surface area is 105 Å². The van der Waals surface area contributed by atoms with Gasteiger partial charge in [-0.1, -0.05) is 0 Å². The van der Waals surface area contributed by atoms with Crippen molar-refractivity contribution in [3.05, 3.63) is 46.1 Å². The van der Waals surface area contributed by atoms with Crippen LogP contribution in [-0.4, -0.2) is 5.11 Å². The van der Waals surface area contributed by atoms with Crippen molar-refractivity contribution in [3.8, 4) is 11.3 Å². The maximum Gasteiger partial charge on any atom is 0.138 e. The summed E-state index contributed by atoms with van der Waals surface area (Å²) in [6, 6.07) is 5.02. The standard InChI is InChI=1S/C12H9BrF2O2/c1-6(16)10-2-3-11(17-10)12-8(13)4-7(14)5-9(12)15/h2-6,16H,1H3.